The van der Waals surface area contributed by atoms with E-state index >= 15 is 0 Å². The maximum absolute atomic E-state index is 10.9. The van der Waals surface area contributed by atoms with Crippen LogP contribution in [0.15, 0.2) is 16.8 Å². The molecule has 1 fully saturated rings. The third-order valence-electron chi connectivity index (χ3n) is 3.40. The lowest BCUT2D eigenvalue weighted by molar-refractivity contribution is -0.383. The predicted molar refractivity (Wildman–Crippen MR) is 68.0 cm³/mol. The molecule has 8 nitrogen and oxygen atoms in total. The molecule has 1 atom stereocenters. The molecular formula is C11H13N5O3. The van der Waals surface area contributed by atoms with Crippen molar-refractivity contribution in [3.05, 3.63) is 22.2 Å². The topological polar surface area (TPSA) is 106 Å². The number of nitrogens with one attached hydrogen (secondary N) is 2. The van der Waals surface area contributed by atoms with Gasteiger partial charge in [-0.05, 0) is 36.3 Å². The van der Waals surface area contributed by atoms with Crippen molar-refractivity contribution >= 4 is 22.4 Å². The Morgan fingerprint density at radius 1 is 1.47 bits per heavy atom. The number of nitro groups is 1. The molecule has 2 heterocycles. The van der Waals surface area contributed by atoms with Crippen LogP contribution < -0.4 is 10.6 Å². The Morgan fingerprint density at radius 3 is 2.95 bits per heavy atom. The first-order chi connectivity index (χ1) is 9.09. The summed E-state index contributed by atoms with van der Waals surface area (Å²) in [4.78, 5) is 10.4. The van der Waals surface area contributed by atoms with Crippen LogP contribution in [-0.4, -0.2) is 33.9 Å². The number of benzene rings is 1. The van der Waals surface area contributed by atoms with Crippen LogP contribution in [0.4, 0.5) is 11.4 Å². The van der Waals surface area contributed by atoms with E-state index in [0.29, 0.717) is 11.2 Å². The zero-order valence-corrected chi connectivity index (χ0v) is 10.3. The Labute approximate surface area is 108 Å². The number of fused-ring (bicyclic) bond motifs is 1. The quantitative estimate of drug-likeness (QED) is 0.634. The molecule has 2 aromatic rings. The smallest absolute Gasteiger partial charge is 0.300 e. The summed E-state index contributed by atoms with van der Waals surface area (Å²) in [5.41, 5.74) is 1.07. The van der Waals surface area contributed by atoms with Crippen LogP contribution >= 0.6 is 0 Å². The van der Waals surface area contributed by atoms with Gasteiger partial charge in [-0.1, -0.05) is 0 Å². The Balaban J connectivity index is 2.03. The zero-order valence-electron chi connectivity index (χ0n) is 10.3. The van der Waals surface area contributed by atoms with Gasteiger partial charge in [-0.3, -0.25) is 10.1 Å². The molecule has 3 rings (SSSR count). The third kappa shape index (κ3) is 1.99. The minimum absolute atomic E-state index is 0.0952. The molecule has 8 heteroatoms. The molecule has 1 saturated heterocycles. The summed E-state index contributed by atoms with van der Waals surface area (Å²) in [5, 5.41) is 24.9. The van der Waals surface area contributed by atoms with Crippen molar-refractivity contribution in [1.29, 1.82) is 0 Å². The molecule has 0 aliphatic carbocycles. The van der Waals surface area contributed by atoms with Crippen LogP contribution in [0.3, 0.4) is 0 Å². The number of nitro benzene ring substituents is 1. The predicted octanol–water partition coefficient (Wildman–Crippen LogP) is 1.29. The minimum atomic E-state index is -0.491. The van der Waals surface area contributed by atoms with Crippen molar-refractivity contribution < 1.29 is 9.55 Å². The van der Waals surface area contributed by atoms with Gasteiger partial charge in [0, 0.05) is 18.2 Å². The first-order valence-electron chi connectivity index (χ1n) is 5.98. The summed E-state index contributed by atoms with van der Waals surface area (Å²) in [6.07, 6.45) is 0.969. The largest absolute Gasteiger partial charge is 0.377 e. The van der Waals surface area contributed by atoms with Gasteiger partial charge in [-0.2, -0.15) is 0 Å². The van der Waals surface area contributed by atoms with E-state index in [1.54, 1.807) is 6.07 Å². The average molecular weight is 263 g/mol. The van der Waals surface area contributed by atoms with Crippen LogP contribution in [0.1, 0.15) is 13.3 Å². The van der Waals surface area contributed by atoms with E-state index in [-0.39, 0.29) is 16.7 Å². The number of nitrogens with zero attached hydrogens (tertiary/aromatic N) is 3. The molecule has 0 spiro atoms. The highest BCUT2D eigenvalue weighted by Crippen LogP contribution is 2.31. The zero-order chi connectivity index (χ0) is 13.5. The van der Waals surface area contributed by atoms with Gasteiger partial charge in [-0.25, -0.2) is 4.63 Å². The van der Waals surface area contributed by atoms with Gasteiger partial charge in [0.25, 0.3) is 0 Å². The highest BCUT2D eigenvalue weighted by Gasteiger charge is 2.30. The lowest BCUT2D eigenvalue weighted by atomic mass is 10.0. The fraction of sp³-hybridized carbons (Fsp3) is 0.455. The van der Waals surface area contributed by atoms with Crippen molar-refractivity contribution in [3.8, 4) is 0 Å². The molecule has 1 aliphatic heterocycles. The van der Waals surface area contributed by atoms with Crippen molar-refractivity contribution in [2.75, 3.05) is 18.4 Å². The number of rotatable bonds is 3. The third-order valence-corrected chi connectivity index (χ3v) is 3.40. The second kappa shape index (κ2) is 4.16. The highest BCUT2D eigenvalue weighted by atomic mass is 16.6. The van der Waals surface area contributed by atoms with E-state index < -0.39 is 4.92 Å². The SMILES string of the molecule is CC1(Nc2ccc([N+](=O)[O-])c3nonc23)CCNC1. The summed E-state index contributed by atoms with van der Waals surface area (Å²) >= 11 is 0. The number of hydrogen-bond acceptors (Lipinski definition) is 7. The van der Waals surface area contributed by atoms with E-state index in [1.165, 1.54) is 6.07 Å². The number of hydrogen-bond donors (Lipinski definition) is 2. The first-order valence-corrected chi connectivity index (χ1v) is 5.98. The molecule has 0 saturated carbocycles. The monoisotopic (exact) mass is 263 g/mol. The van der Waals surface area contributed by atoms with Gasteiger partial charge in [-0.15, -0.1) is 0 Å². The molecule has 0 amide bonds. The molecule has 1 aromatic carbocycles. The molecule has 0 bridgehead atoms. The lowest BCUT2D eigenvalue weighted by Crippen LogP contribution is -2.36. The van der Waals surface area contributed by atoms with E-state index in [2.05, 4.69) is 32.5 Å². The minimum Gasteiger partial charge on any atom is -0.377 e. The fourth-order valence-electron chi connectivity index (χ4n) is 2.35. The summed E-state index contributed by atoms with van der Waals surface area (Å²) < 4.78 is 4.63. The Bertz CT molecular complexity index is 632. The van der Waals surface area contributed by atoms with Gasteiger partial charge in [0.15, 0.2) is 5.52 Å². The number of anilines is 1. The normalized spacial score (nSPS) is 22.8. The average Bonchev–Trinajstić information content (AvgIpc) is 2.98. The van der Waals surface area contributed by atoms with Crippen molar-refractivity contribution in [3.63, 3.8) is 0 Å². The molecule has 1 aliphatic rings. The van der Waals surface area contributed by atoms with Crippen LogP contribution in [0.2, 0.25) is 0 Å². The van der Waals surface area contributed by atoms with Crippen molar-refractivity contribution in [1.82, 2.24) is 15.6 Å². The molecular weight excluding hydrogens is 250 g/mol. The van der Waals surface area contributed by atoms with Crippen LogP contribution in [0.5, 0.6) is 0 Å². The van der Waals surface area contributed by atoms with Crippen molar-refractivity contribution in [2.45, 2.75) is 18.9 Å². The lowest BCUT2D eigenvalue weighted by Gasteiger charge is -2.25. The van der Waals surface area contributed by atoms with Gasteiger partial charge in [0.2, 0.25) is 5.52 Å². The highest BCUT2D eigenvalue weighted by molar-refractivity contribution is 5.93. The fourth-order valence-corrected chi connectivity index (χ4v) is 2.35. The van der Waals surface area contributed by atoms with Gasteiger partial charge in [0.1, 0.15) is 0 Å². The van der Waals surface area contributed by atoms with Crippen LogP contribution in [-0.2, 0) is 0 Å². The van der Waals surface area contributed by atoms with Crippen LogP contribution in [0.25, 0.3) is 11.0 Å². The first kappa shape index (κ1) is 11.8. The van der Waals surface area contributed by atoms with E-state index in [4.69, 9.17) is 0 Å². The summed E-state index contributed by atoms with van der Waals surface area (Å²) in [7, 11) is 0. The Kier molecular flexibility index (Phi) is 2.59. The Morgan fingerprint density at radius 2 is 2.26 bits per heavy atom. The van der Waals surface area contributed by atoms with Crippen LogP contribution in [0, 0.1) is 10.1 Å². The number of non-ortho nitro benzene ring substituents is 1. The summed E-state index contributed by atoms with van der Waals surface area (Å²) in [6, 6.07) is 3.06. The second-order valence-electron chi connectivity index (χ2n) is 4.96. The Hall–Kier alpha value is -2.22. The second-order valence-corrected chi connectivity index (χ2v) is 4.96. The molecule has 1 unspecified atom stereocenters. The summed E-state index contributed by atoms with van der Waals surface area (Å²) in [5.74, 6) is 0. The van der Waals surface area contributed by atoms with Crippen molar-refractivity contribution in [2.24, 2.45) is 0 Å². The molecule has 2 N–H and O–H groups in total. The van der Waals surface area contributed by atoms with Gasteiger partial charge in [0.05, 0.1) is 10.6 Å². The maximum Gasteiger partial charge on any atom is 0.300 e. The molecule has 19 heavy (non-hydrogen) atoms. The van der Waals surface area contributed by atoms with E-state index in [1.807, 2.05) is 0 Å². The van der Waals surface area contributed by atoms with E-state index in [0.717, 1.165) is 19.5 Å². The van der Waals surface area contributed by atoms with Gasteiger partial charge < -0.3 is 10.6 Å². The summed E-state index contributed by atoms with van der Waals surface area (Å²) in [6.45, 7) is 3.86. The molecule has 1 aromatic heterocycles. The molecule has 100 valence electrons. The van der Waals surface area contributed by atoms with Gasteiger partial charge >= 0.3 is 5.69 Å². The van der Waals surface area contributed by atoms with E-state index in [9.17, 15) is 10.1 Å². The maximum atomic E-state index is 10.9. The number of aromatic nitrogens is 2. The molecule has 0 radical (unpaired) electrons. The standard InChI is InChI=1S/C11H13N5O3/c1-11(4-5-12-6-11)13-7-2-3-8(16(17)18)10-9(7)14-19-15-10/h2-3,12-13H,4-6H2,1H3.